The minimum Gasteiger partial charge on any atom is -0.341 e. The predicted octanol–water partition coefficient (Wildman–Crippen LogP) is 3.05. The predicted molar refractivity (Wildman–Crippen MR) is 68.7 cm³/mol. The monoisotopic (exact) mass is 221 g/mol. The van der Waals surface area contributed by atoms with Crippen LogP contribution in [0.25, 0.3) is 0 Å². The molecule has 16 heavy (non-hydrogen) atoms. The molecular formula is C13H23N3. The Hall–Kier alpha value is -1.12. The Labute approximate surface area is 98.9 Å². The number of hydrogen-bond donors (Lipinski definition) is 0. The first-order chi connectivity index (χ1) is 7.71. The number of nitrogens with zero attached hydrogens (tertiary/aromatic N) is 3. The van der Waals surface area contributed by atoms with Gasteiger partial charge in [-0.25, -0.2) is 9.97 Å². The fourth-order valence-electron chi connectivity index (χ4n) is 1.76. The van der Waals surface area contributed by atoms with Crippen molar-refractivity contribution < 1.29 is 0 Å². The van der Waals surface area contributed by atoms with Gasteiger partial charge in [0.15, 0.2) is 0 Å². The molecule has 0 aliphatic carbocycles. The lowest BCUT2D eigenvalue weighted by molar-refractivity contribution is 0.482. The van der Waals surface area contributed by atoms with Crippen molar-refractivity contribution in [2.24, 2.45) is 5.92 Å². The van der Waals surface area contributed by atoms with Crippen LogP contribution in [0.3, 0.4) is 0 Å². The zero-order valence-electron chi connectivity index (χ0n) is 10.9. The summed E-state index contributed by atoms with van der Waals surface area (Å²) < 4.78 is 0. The van der Waals surface area contributed by atoms with Crippen molar-refractivity contribution in [2.75, 3.05) is 18.0 Å². The van der Waals surface area contributed by atoms with Crippen LogP contribution in [0.1, 0.15) is 39.2 Å². The lowest BCUT2D eigenvalue weighted by atomic mass is 10.0. The van der Waals surface area contributed by atoms with Gasteiger partial charge in [0, 0.05) is 25.5 Å². The molecule has 0 N–H and O–H groups in total. The van der Waals surface area contributed by atoms with Crippen molar-refractivity contribution in [3.63, 3.8) is 0 Å². The molecule has 1 aromatic heterocycles. The van der Waals surface area contributed by atoms with Gasteiger partial charge in [-0.05, 0) is 25.3 Å². The standard InChI is InChI=1S/C13H23N3/c1-5-12(6-2)10-16(7-3)13-14-8-11(4)9-15-13/h8-9,12H,5-7,10H2,1-4H3. The van der Waals surface area contributed by atoms with Gasteiger partial charge in [-0.2, -0.15) is 0 Å². The summed E-state index contributed by atoms with van der Waals surface area (Å²) in [5.74, 6) is 1.60. The Kier molecular flexibility index (Phi) is 5.23. The molecule has 3 heteroatoms. The van der Waals surface area contributed by atoms with Crippen LogP contribution in [0.15, 0.2) is 12.4 Å². The summed E-state index contributed by atoms with van der Waals surface area (Å²) in [7, 11) is 0. The molecule has 1 aromatic rings. The summed E-state index contributed by atoms with van der Waals surface area (Å²) >= 11 is 0. The Balaban J connectivity index is 2.70. The molecule has 0 atom stereocenters. The van der Waals surface area contributed by atoms with Crippen molar-refractivity contribution in [1.82, 2.24) is 9.97 Å². The Morgan fingerprint density at radius 3 is 2.12 bits per heavy atom. The van der Waals surface area contributed by atoms with Gasteiger partial charge in [-0.15, -0.1) is 0 Å². The number of anilines is 1. The normalized spacial score (nSPS) is 10.8. The van der Waals surface area contributed by atoms with Crippen LogP contribution in [0, 0.1) is 12.8 Å². The van der Waals surface area contributed by atoms with E-state index in [2.05, 4.69) is 35.6 Å². The number of aromatic nitrogens is 2. The summed E-state index contributed by atoms with van der Waals surface area (Å²) in [6.45, 7) is 10.7. The van der Waals surface area contributed by atoms with Crippen LogP contribution in [0.4, 0.5) is 5.95 Å². The van der Waals surface area contributed by atoms with Gasteiger partial charge >= 0.3 is 0 Å². The van der Waals surface area contributed by atoms with Gasteiger partial charge in [-0.1, -0.05) is 26.7 Å². The maximum absolute atomic E-state index is 4.39. The van der Waals surface area contributed by atoms with E-state index >= 15 is 0 Å². The van der Waals surface area contributed by atoms with Crippen LogP contribution >= 0.6 is 0 Å². The van der Waals surface area contributed by atoms with E-state index in [9.17, 15) is 0 Å². The van der Waals surface area contributed by atoms with Gasteiger partial charge in [0.2, 0.25) is 5.95 Å². The quantitative estimate of drug-likeness (QED) is 0.739. The molecule has 0 saturated carbocycles. The first-order valence-electron chi connectivity index (χ1n) is 6.24. The highest BCUT2D eigenvalue weighted by molar-refractivity contribution is 5.29. The average molecular weight is 221 g/mol. The van der Waals surface area contributed by atoms with Crippen molar-refractivity contribution in [3.05, 3.63) is 18.0 Å². The smallest absolute Gasteiger partial charge is 0.225 e. The first-order valence-corrected chi connectivity index (χ1v) is 6.24. The van der Waals surface area contributed by atoms with Crippen molar-refractivity contribution in [3.8, 4) is 0 Å². The molecule has 0 radical (unpaired) electrons. The maximum atomic E-state index is 4.39. The van der Waals surface area contributed by atoms with Crippen LogP contribution in [-0.4, -0.2) is 23.1 Å². The highest BCUT2D eigenvalue weighted by Crippen LogP contribution is 2.14. The van der Waals surface area contributed by atoms with Crippen molar-refractivity contribution >= 4 is 5.95 Å². The number of hydrogen-bond acceptors (Lipinski definition) is 3. The van der Waals surface area contributed by atoms with Crippen LogP contribution < -0.4 is 4.90 Å². The second kappa shape index (κ2) is 6.46. The fourth-order valence-corrected chi connectivity index (χ4v) is 1.76. The Bertz CT molecular complexity index is 291. The third-order valence-electron chi connectivity index (χ3n) is 3.07. The number of rotatable bonds is 6. The van der Waals surface area contributed by atoms with E-state index < -0.39 is 0 Å². The van der Waals surface area contributed by atoms with Gasteiger partial charge in [-0.3, -0.25) is 0 Å². The van der Waals surface area contributed by atoms with Gasteiger partial charge in [0.05, 0.1) is 0 Å². The molecule has 0 bridgehead atoms. The van der Waals surface area contributed by atoms with E-state index in [0.29, 0.717) is 0 Å². The summed E-state index contributed by atoms with van der Waals surface area (Å²) in [5.41, 5.74) is 1.11. The van der Waals surface area contributed by atoms with Gasteiger partial charge < -0.3 is 4.90 Å². The number of aryl methyl sites for hydroxylation is 1. The SMILES string of the molecule is CCC(CC)CN(CC)c1ncc(C)cn1. The maximum Gasteiger partial charge on any atom is 0.225 e. The third kappa shape index (κ3) is 3.47. The van der Waals surface area contributed by atoms with Crippen LogP contribution in [0.2, 0.25) is 0 Å². The molecule has 0 aliphatic heterocycles. The summed E-state index contributed by atoms with van der Waals surface area (Å²) in [6.07, 6.45) is 6.22. The Morgan fingerprint density at radius 1 is 1.12 bits per heavy atom. The molecule has 0 spiro atoms. The van der Waals surface area contributed by atoms with E-state index in [1.54, 1.807) is 0 Å². The lowest BCUT2D eigenvalue weighted by Gasteiger charge is -2.25. The van der Waals surface area contributed by atoms with E-state index in [4.69, 9.17) is 0 Å². The summed E-state index contributed by atoms with van der Waals surface area (Å²) in [5, 5.41) is 0. The molecule has 1 rings (SSSR count). The van der Waals surface area contributed by atoms with E-state index in [0.717, 1.165) is 30.5 Å². The lowest BCUT2D eigenvalue weighted by Crippen LogP contribution is -2.30. The largest absolute Gasteiger partial charge is 0.341 e. The minimum atomic E-state index is 0.741. The zero-order chi connectivity index (χ0) is 12.0. The highest BCUT2D eigenvalue weighted by atomic mass is 15.2. The first kappa shape index (κ1) is 12.9. The second-order valence-corrected chi connectivity index (χ2v) is 4.28. The van der Waals surface area contributed by atoms with Crippen molar-refractivity contribution in [1.29, 1.82) is 0 Å². The van der Waals surface area contributed by atoms with E-state index in [-0.39, 0.29) is 0 Å². The summed E-state index contributed by atoms with van der Waals surface area (Å²) in [4.78, 5) is 11.0. The Morgan fingerprint density at radius 2 is 1.69 bits per heavy atom. The zero-order valence-corrected chi connectivity index (χ0v) is 10.9. The molecule has 0 fully saturated rings. The van der Waals surface area contributed by atoms with Gasteiger partial charge in [0.25, 0.3) is 0 Å². The third-order valence-corrected chi connectivity index (χ3v) is 3.07. The minimum absolute atomic E-state index is 0.741. The fraction of sp³-hybridized carbons (Fsp3) is 0.692. The molecule has 90 valence electrons. The molecule has 0 saturated heterocycles. The van der Waals surface area contributed by atoms with E-state index in [1.807, 2.05) is 19.3 Å². The molecule has 0 aromatic carbocycles. The highest BCUT2D eigenvalue weighted by Gasteiger charge is 2.12. The van der Waals surface area contributed by atoms with Crippen LogP contribution in [-0.2, 0) is 0 Å². The average Bonchev–Trinajstić information content (AvgIpc) is 2.32. The molecular weight excluding hydrogens is 198 g/mol. The topological polar surface area (TPSA) is 29.0 Å². The van der Waals surface area contributed by atoms with Gasteiger partial charge in [0.1, 0.15) is 0 Å². The molecule has 0 amide bonds. The second-order valence-electron chi connectivity index (χ2n) is 4.28. The molecule has 3 nitrogen and oxygen atoms in total. The molecule has 0 unspecified atom stereocenters. The molecule has 0 aliphatic rings. The van der Waals surface area contributed by atoms with Crippen molar-refractivity contribution in [2.45, 2.75) is 40.5 Å². The van der Waals surface area contributed by atoms with Crippen LogP contribution in [0.5, 0.6) is 0 Å². The molecule has 1 heterocycles. The van der Waals surface area contributed by atoms with E-state index in [1.165, 1.54) is 12.8 Å². The summed E-state index contributed by atoms with van der Waals surface area (Å²) in [6, 6.07) is 0.